The van der Waals surface area contributed by atoms with Crippen LogP contribution >= 0.6 is 0 Å². The van der Waals surface area contributed by atoms with Crippen LogP contribution in [-0.2, 0) is 9.47 Å². The molecular formula is C27H42O6. The lowest BCUT2D eigenvalue weighted by molar-refractivity contribution is -0.297. The quantitative estimate of drug-likeness (QED) is 0.413. The second-order valence-electron chi connectivity index (χ2n) is 13.0. The zero-order valence-corrected chi connectivity index (χ0v) is 20.5. The summed E-state index contributed by atoms with van der Waals surface area (Å²) in [7, 11) is 0. The van der Waals surface area contributed by atoms with Crippen molar-refractivity contribution in [3.63, 3.8) is 0 Å². The zero-order valence-electron chi connectivity index (χ0n) is 20.5. The molecule has 2 heterocycles. The molecule has 4 aliphatic carbocycles. The third kappa shape index (κ3) is 2.61. The minimum Gasteiger partial charge on any atom is -0.393 e. The first kappa shape index (κ1) is 22.9. The summed E-state index contributed by atoms with van der Waals surface area (Å²) in [5.74, 6) is -0.0731. The summed E-state index contributed by atoms with van der Waals surface area (Å²) in [6.45, 7) is 9.37. The van der Waals surface area contributed by atoms with E-state index in [-0.39, 0.29) is 23.7 Å². The van der Waals surface area contributed by atoms with Crippen molar-refractivity contribution >= 4 is 0 Å². The number of aliphatic hydroxyl groups excluding tert-OH is 3. The molecule has 5 unspecified atom stereocenters. The molecule has 0 aromatic heterocycles. The van der Waals surface area contributed by atoms with Gasteiger partial charge in [-0.25, -0.2) is 0 Å². The van der Waals surface area contributed by atoms with Gasteiger partial charge in [0.05, 0.1) is 24.9 Å². The number of fused-ring (bicyclic) bond motifs is 7. The molecule has 13 atom stereocenters. The predicted octanol–water partition coefficient (Wildman–Crippen LogP) is 2.77. The highest BCUT2D eigenvalue weighted by Gasteiger charge is 2.78. The van der Waals surface area contributed by atoms with Crippen LogP contribution in [0.3, 0.4) is 0 Å². The molecule has 186 valence electrons. The summed E-state index contributed by atoms with van der Waals surface area (Å²) in [5, 5.41) is 45.7. The van der Waals surface area contributed by atoms with Gasteiger partial charge in [0.1, 0.15) is 11.7 Å². The van der Waals surface area contributed by atoms with Gasteiger partial charge in [-0.2, -0.15) is 0 Å². The first-order valence-electron chi connectivity index (χ1n) is 13.3. The summed E-state index contributed by atoms with van der Waals surface area (Å²) >= 11 is 0. The molecule has 6 heteroatoms. The molecular weight excluding hydrogens is 420 g/mol. The first-order valence-corrected chi connectivity index (χ1v) is 13.3. The molecule has 0 radical (unpaired) electrons. The van der Waals surface area contributed by atoms with Crippen molar-refractivity contribution < 1.29 is 29.9 Å². The second-order valence-corrected chi connectivity index (χ2v) is 13.0. The van der Waals surface area contributed by atoms with Crippen molar-refractivity contribution in [2.24, 2.45) is 40.4 Å². The number of aliphatic hydroxyl groups is 4. The van der Waals surface area contributed by atoms with Crippen molar-refractivity contribution in [3.05, 3.63) is 11.6 Å². The minimum atomic E-state index is -1.27. The van der Waals surface area contributed by atoms with Crippen LogP contribution in [0.2, 0.25) is 0 Å². The number of ether oxygens (including phenoxy) is 2. The van der Waals surface area contributed by atoms with Crippen molar-refractivity contribution in [1.29, 1.82) is 0 Å². The normalized spacial score (nSPS) is 62.3. The molecule has 3 saturated carbocycles. The molecule has 4 N–H and O–H groups in total. The molecule has 0 aromatic carbocycles. The van der Waals surface area contributed by atoms with Gasteiger partial charge in [0, 0.05) is 35.5 Å². The van der Waals surface area contributed by atoms with Gasteiger partial charge in [-0.1, -0.05) is 39.3 Å². The Morgan fingerprint density at radius 3 is 2.48 bits per heavy atom. The molecule has 2 aliphatic heterocycles. The van der Waals surface area contributed by atoms with Gasteiger partial charge in [0.25, 0.3) is 0 Å². The Balaban J connectivity index is 1.37. The second kappa shape index (κ2) is 7.04. The van der Waals surface area contributed by atoms with E-state index in [1.165, 1.54) is 0 Å². The topological polar surface area (TPSA) is 99.4 Å². The lowest BCUT2D eigenvalue weighted by Crippen LogP contribution is -2.67. The minimum absolute atomic E-state index is 0.0307. The Kier molecular flexibility index (Phi) is 4.89. The van der Waals surface area contributed by atoms with Crippen LogP contribution in [-0.4, -0.2) is 62.8 Å². The van der Waals surface area contributed by atoms with Crippen LogP contribution in [0, 0.1) is 40.4 Å². The lowest BCUT2D eigenvalue weighted by atomic mass is 9.44. The number of hydrogen-bond donors (Lipinski definition) is 4. The Labute approximate surface area is 197 Å². The number of hydrogen-bond acceptors (Lipinski definition) is 6. The summed E-state index contributed by atoms with van der Waals surface area (Å²) in [5.41, 5.74) is -1.09. The van der Waals surface area contributed by atoms with Gasteiger partial charge >= 0.3 is 0 Å². The van der Waals surface area contributed by atoms with E-state index in [0.717, 1.165) is 31.3 Å². The molecule has 33 heavy (non-hydrogen) atoms. The van der Waals surface area contributed by atoms with Crippen molar-refractivity contribution in [1.82, 2.24) is 0 Å². The highest BCUT2D eigenvalue weighted by atomic mass is 16.7. The Hall–Kier alpha value is -0.500. The third-order valence-corrected chi connectivity index (χ3v) is 11.7. The van der Waals surface area contributed by atoms with Crippen LogP contribution in [0.4, 0.5) is 0 Å². The van der Waals surface area contributed by atoms with Crippen LogP contribution in [0.1, 0.15) is 72.6 Å². The summed E-state index contributed by atoms with van der Waals surface area (Å²) in [6, 6.07) is 0. The fourth-order valence-electron chi connectivity index (χ4n) is 9.70. The van der Waals surface area contributed by atoms with E-state index >= 15 is 0 Å². The largest absolute Gasteiger partial charge is 0.393 e. The average Bonchev–Trinajstić information content (AvgIpc) is 3.14. The van der Waals surface area contributed by atoms with Gasteiger partial charge in [-0.3, -0.25) is 0 Å². The highest BCUT2D eigenvalue weighted by Crippen LogP contribution is 2.72. The monoisotopic (exact) mass is 462 g/mol. The SMILES string of the molecule is CC1CC[C@@]2(OC1)O[C@H]1C(O)C3(O)[C@@H]4CC=C5CC(O)CC(O)[C@]5(C)[C@H]4CC[C@]3(C)[C@H]1[C@@H]2C. The van der Waals surface area contributed by atoms with Crippen LogP contribution in [0.25, 0.3) is 0 Å². The third-order valence-electron chi connectivity index (χ3n) is 11.7. The zero-order chi connectivity index (χ0) is 23.6. The van der Waals surface area contributed by atoms with Gasteiger partial charge in [0.2, 0.25) is 0 Å². The van der Waals surface area contributed by atoms with Gasteiger partial charge in [-0.05, 0) is 49.9 Å². The van der Waals surface area contributed by atoms with Crippen molar-refractivity contribution in [2.45, 2.75) is 108 Å². The van der Waals surface area contributed by atoms with E-state index in [9.17, 15) is 20.4 Å². The number of rotatable bonds is 0. The first-order chi connectivity index (χ1) is 15.5. The van der Waals surface area contributed by atoms with Gasteiger partial charge < -0.3 is 29.9 Å². The van der Waals surface area contributed by atoms with E-state index in [2.05, 4.69) is 33.8 Å². The average molecular weight is 463 g/mol. The predicted molar refractivity (Wildman–Crippen MR) is 122 cm³/mol. The smallest absolute Gasteiger partial charge is 0.171 e. The lowest BCUT2D eigenvalue weighted by Gasteiger charge is -2.63. The molecule has 0 bridgehead atoms. The maximum absolute atomic E-state index is 12.5. The fraction of sp³-hybridized carbons (Fsp3) is 0.926. The molecule has 6 nitrogen and oxygen atoms in total. The maximum atomic E-state index is 12.5. The molecule has 0 amide bonds. The number of allylic oxidation sites excluding steroid dienone is 1. The van der Waals surface area contributed by atoms with E-state index in [1.807, 2.05) is 0 Å². The Morgan fingerprint density at radius 2 is 1.79 bits per heavy atom. The summed E-state index contributed by atoms with van der Waals surface area (Å²) in [4.78, 5) is 0. The molecule has 5 fully saturated rings. The molecule has 2 saturated heterocycles. The van der Waals surface area contributed by atoms with Gasteiger partial charge in [0.15, 0.2) is 5.79 Å². The summed E-state index contributed by atoms with van der Waals surface area (Å²) in [6.07, 6.45) is 4.83. The molecule has 1 spiro atoms. The Morgan fingerprint density at radius 1 is 1.03 bits per heavy atom. The molecule has 6 aliphatic rings. The highest BCUT2D eigenvalue weighted by molar-refractivity contribution is 5.32. The van der Waals surface area contributed by atoms with Crippen LogP contribution in [0.5, 0.6) is 0 Å². The van der Waals surface area contributed by atoms with Crippen LogP contribution in [0.15, 0.2) is 11.6 Å². The fourth-order valence-corrected chi connectivity index (χ4v) is 9.70. The standard InChI is InChI=1S/C27H42O6/c1-14-7-10-26(32-13-14)15(2)21-22(33-26)23(30)27(31)19-6-5-16-11-17(28)12-20(29)25(16,4)18(19)8-9-24(21,27)3/h5,14-15,17-23,28-31H,6-13H2,1-4H3/t14?,15-,17?,18-,19+,20?,21-,22+,23?,24+,25-,26+,27?/m0/s1. The maximum Gasteiger partial charge on any atom is 0.171 e. The van der Waals surface area contributed by atoms with Gasteiger partial charge in [-0.15, -0.1) is 0 Å². The Bertz CT molecular complexity index is 850. The van der Waals surface area contributed by atoms with Crippen molar-refractivity contribution in [3.8, 4) is 0 Å². The van der Waals surface area contributed by atoms with E-state index < -0.39 is 46.6 Å². The van der Waals surface area contributed by atoms with E-state index in [1.54, 1.807) is 0 Å². The molecule has 0 aromatic rings. The summed E-state index contributed by atoms with van der Waals surface area (Å²) < 4.78 is 13.0. The van der Waals surface area contributed by atoms with E-state index in [0.29, 0.717) is 31.8 Å². The van der Waals surface area contributed by atoms with Crippen molar-refractivity contribution in [2.75, 3.05) is 6.61 Å². The van der Waals surface area contributed by atoms with E-state index in [4.69, 9.17) is 9.47 Å². The van der Waals surface area contributed by atoms with Crippen LogP contribution < -0.4 is 0 Å². The molecule has 6 rings (SSSR count).